The van der Waals surface area contributed by atoms with Gasteiger partial charge in [-0.15, -0.1) is 0 Å². The molecule has 3 aromatic rings. The van der Waals surface area contributed by atoms with Crippen LogP contribution in [0.25, 0.3) is 0 Å². The molecule has 0 aliphatic carbocycles. The average Bonchev–Trinajstić information content (AvgIpc) is 2.89. The maximum Gasteiger partial charge on any atom is 0.206 e. The standard InChI is InChI=1S/C15H12N4OS/c16-14-13(12(20)10-4-2-1-3-5-10)21-15(19-14)18-11-6-8-17-9-7-11/h1-9H,16H2,(H,17,18,19). The van der Waals surface area contributed by atoms with Gasteiger partial charge in [-0.25, -0.2) is 4.98 Å². The summed E-state index contributed by atoms with van der Waals surface area (Å²) in [6, 6.07) is 12.7. The number of aromatic nitrogens is 2. The van der Waals surface area contributed by atoms with Crippen molar-refractivity contribution in [2.45, 2.75) is 0 Å². The van der Waals surface area contributed by atoms with Crippen LogP contribution >= 0.6 is 11.3 Å². The number of hydrogen-bond donors (Lipinski definition) is 2. The van der Waals surface area contributed by atoms with E-state index in [4.69, 9.17) is 5.73 Å². The fourth-order valence-corrected chi connectivity index (χ4v) is 2.69. The number of anilines is 3. The molecule has 6 heteroatoms. The van der Waals surface area contributed by atoms with Crippen LogP contribution in [0.2, 0.25) is 0 Å². The van der Waals surface area contributed by atoms with Crippen molar-refractivity contribution in [2.75, 3.05) is 11.1 Å². The maximum absolute atomic E-state index is 12.4. The van der Waals surface area contributed by atoms with E-state index >= 15 is 0 Å². The molecule has 0 fully saturated rings. The quantitative estimate of drug-likeness (QED) is 0.723. The maximum atomic E-state index is 12.4. The number of ketones is 1. The SMILES string of the molecule is Nc1nc(Nc2ccncc2)sc1C(=O)c1ccccc1. The molecule has 0 spiro atoms. The topological polar surface area (TPSA) is 80.9 Å². The third-order valence-corrected chi connectivity index (χ3v) is 3.81. The summed E-state index contributed by atoms with van der Waals surface area (Å²) in [7, 11) is 0. The van der Waals surface area contributed by atoms with Crippen molar-refractivity contribution in [2.24, 2.45) is 0 Å². The second kappa shape index (κ2) is 5.72. The van der Waals surface area contributed by atoms with Gasteiger partial charge in [0.1, 0.15) is 10.7 Å². The highest BCUT2D eigenvalue weighted by molar-refractivity contribution is 7.18. The van der Waals surface area contributed by atoms with E-state index in [1.165, 1.54) is 11.3 Å². The van der Waals surface area contributed by atoms with E-state index in [0.717, 1.165) is 5.69 Å². The molecule has 21 heavy (non-hydrogen) atoms. The summed E-state index contributed by atoms with van der Waals surface area (Å²) < 4.78 is 0. The number of carbonyl (C=O) groups excluding carboxylic acids is 1. The number of nitrogens with zero attached hydrogens (tertiary/aromatic N) is 2. The van der Waals surface area contributed by atoms with Crippen molar-refractivity contribution < 1.29 is 4.79 Å². The molecule has 0 radical (unpaired) electrons. The number of nitrogens with two attached hydrogens (primary N) is 1. The number of thiazole rings is 1. The molecule has 1 aromatic carbocycles. The number of nitrogen functional groups attached to an aromatic ring is 1. The van der Waals surface area contributed by atoms with Crippen molar-refractivity contribution in [3.63, 3.8) is 0 Å². The molecule has 0 bridgehead atoms. The number of benzene rings is 1. The predicted octanol–water partition coefficient (Wildman–Crippen LogP) is 3.09. The summed E-state index contributed by atoms with van der Waals surface area (Å²) in [5.41, 5.74) is 7.30. The molecule has 104 valence electrons. The van der Waals surface area contributed by atoms with E-state index < -0.39 is 0 Å². The minimum atomic E-state index is -0.117. The Morgan fingerprint density at radius 1 is 1.10 bits per heavy atom. The second-order valence-electron chi connectivity index (χ2n) is 4.29. The van der Waals surface area contributed by atoms with Crippen LogP contribution in [0.1, 0.15) is 15.2 Å². The van der Waals surface area contributed by atoms with Crippen LogP contribution in [0, 0.1) is 0 Å². The van der Waals surface area contributed by atoms with Crippen molar-refractivity contribution in [3.05, 3.63) is 65.3 Å². The number of rotatable bonds is 4. The molecule has 0 unspecified atom stereocenters. The highest BCUT2D eigenvalue weighted by Crippen LogP contribution is 2.29. The fourth-order valence-electron chi connectivity index (χ4n) is 1.83. The molecule has 0 aliphatic heterocycles. The van der Waals surface area contributed by atoms with Crippen LogP contribution in [0.4, 0.5) is 16.6 Å². The number of carbonyl (C=O) groups is 1. The van der Waals surface area contributed by atoms with E-state index in [1.54, 1.807) is 24.5 Å². The molecular weight excluding hydrogens is 284 g/mol. The Morgan fingerprint density at radius 3 is 2.52 bits per heavy atom. The summed E-state index contributed by atoms with van der Waals surface area (Å²) >= 11 is 1.24. The first-order valence-electron chi connectivity index (χ1n) is 6.27. The van der Waals surface area contributed by atoms with Gasteiger partial charge in [-0.1, -0.05) is 41.7 Å². The second-order valence-corrected chi connectivity index (χ2v) is 5.29. The Morgan fingerprint density at radius 2 is 1.81 bits per heavy atom. The van der Waals surface area contributed by atoms with E-state index in [9.17, 15) is 4.79 Å². The van der Waals surface area contributed by atoms with Gasteiger partial charge >= 0.3 is 0 Å². The Labute approximate surface area is 125 Å². The molecule has 0 amide bonds. The number of nitrogens with one attached hydrogen (secondary N) is 1. The predicted molar refractivity (Wildman–Crippen MR) is 83.9 cm³/mol. The molecule has 0 aliphatic rings. The van der Waals surface area contributed by atoms with Crippen LogP contribution < -0.4 is 11.1 Å². The van der Waals surface area contributed by atoms with Crippen molar-refractivity contribution in [1.82, 2.24) is 9.97 Å². The van der Waals surface area contributed by atoms with Crippen LogP contribution in [0.5, 0.6) is 0 Å². The zero-order valence-electron chi connectivity index (χ0n) is 11.0. The third-order valence-electron chi connectivity index (χ3n) is 2.83. The Kier molecular flexibility index (Phi) is 3.61. The molecule has 2 heterocycles. The van der Waals surface area contributed by atoms with Crippen LogP contribution in [-0.4, -0.2) is 15.8 Å². The normalized spacial score (nSPS) is 10.3. The van der Waals surface area contributed by atoms with Gasteiger partial charge in [0, 0.05) is 23.6 Å². The number of pyridine rings is 1. The summed E-state index contributed by atoms with van der Waals surface area (Å²) in [5, 5.41) is 3.69. The van der Waals surface area contributed by atoms with Crippen molar-refractivity contribution >= 4 is 33.8 Å². The monoisotopic (exact) mass is 296 g/mol. The van der Waals surface area contributed by atoms with Gasteiger partial charge < -0.3 is 11.1 Å². The minimum absolute atomic E-state index is 0.117. The lowest BCUT2D eigenvalue weighted by Gasteiger charge is -2.00. The Bertz CT molecular complexity index is 756. The lowest BCUT2D eigenvalue weighted by molar-refractivity contribution is 0.104. The lowest BCUT2D eigenvalue weighted by atomic mass is 10.1. The Hall–Kier alpha value is -2.73. The van der Waals surface area contributed by atoms with E-state index in [2.05, 4.69) is 15.3 Å². The molecule has 3 N–H and O–H groups in total. The van der Waals surface area contributed by atoms with Crippen LogP contribution in [0.3, 0.4) is 0 Å². The van der Waals surface area contributed by atoms with E-state index in [1.807, 2.05) is 30.3 Å². The molecular formula is C15H12N4OS. The van der Waals surface area contributed by atoms with Gasteiger partial charge in [0.2, 0.25) is 5.78 Å². The van der Waals surface area contributed by atoms with Gasteiger partial charge in [-0.2, -0.15) is 0 Å². The molecule has 0 saturated carbocycles. The van der Waals surface area contributed by atoms with Crippen LogP contribution in [-0.2, 0) is 0 Å². The van der Waals surface area contributed by atoms with Gasteiger partial charge in [-0.3, -0.25) is 9.78 Å². The largest absolute Gasteiger partial charge is 0.382 e. The Balaban J connectivity index is 1.86. The molecule has 0 atom stereocenters. The average molecular weight is 296 g/mol. The van der Waals surface area contributed by atoms with E-state index in [0.29, 0.717) is 15.6 Å². The van der Waals surface area contributed by atoms with Crippen molar-refractivity contribution in [3.8, 4) is 0 Å². The van der Waals surface area contributed by atoms with Gasteiger partial charge in [0.05, 0.1) is 0 Å². The minimum Gasteiger partial charge on any atom is -0.382 e. The smallest absolute Gasteiger partial charge is 0.206 e. The fraction of sp³-hybridized carbons (Fsp3) is 0. The zero-order valence-corrected chi connectivity index (χ0v) is 11.8. The molecule has 3 rings (SSSR count). The highest BCUT2D eigenvalue weighted by atomic mass is 32.1. The highest BCUT2D eigenvalue weighted by Gasteiger charge is 2.17. The third kappa shape index (κ3) is 2.90. The first kappa shape index (κ1) is 13.3. The summed E-state index contributed by atoms with van der Waals surface area (Å²) in [6.07, 6.45) is 3.35. The molecule has 2 aromatic heterocycles. The van der Waals surface area contributed by atoms with Gasteiger partial charge in [0.15, 0.2) is 5.13 Å². The first-order valence-corrected chi connectivity index (χ1v) is 7.09. The van der Waals surface area contributed by atoms with E-state index in [-0.39, 0.29) is 11.6 Å². The van der Waals surface area contributed by atoms with Gasteiger partial charge in [-0.05, 0) is 12.1 Å². The van der Waals surface area contributed by atoms with Crippen LogP contribution in [0.15, 0.2) is 54.9 Å². The van der Waals surface area contributed by atoms with Gasteiger partial charge in [0.25, 0.3) is 0 Å². The summed E-state index contributed by atoms with van der Waals surface area (Å²) in [4.78, 5) is 21.0. The first-order chi connectivity index (χ1) is 10.2. The summed E-state index contributed by atoms with van der Waals surface area (Å²) in [6.45, 7) is 0. The molecule has 0 saturated heterocycles. The lowest BCUT2D eigenvalue weighted by Crippen LogP contribution is -2.02. The molecule has 5 nitrogen and oxygen atoms in total. The number of hydrogen-bond acceptors (Lipinski definition) is 6. The zero-order chi connectivity index (χ0) is 14.7. The van der Waals surface area contributed by atoms with Crippen molar-refractivity contribution in [1.29, 1.82) is 0 Å². The summed E-state index contributed by atoms with van der Waals surface area (Å²) in [5.74, 6) is 0.124.